The quantitative estimate of drug-likeness (QED) is 0.679. The van der Waals surface area contributed by atoms with Gasteiger partial charge in [-0.1, -0.05) is 0 Å². The SMILES string of the molecule is CCNC(=O)CCNCc1nccc(OC)c1OC. The third kappa shape index (κ3) is 4.75. The fourth-order valence-corrected chi connectivity index (χ4v) is 1.67. The van der Waals surface area contributed by atoms with E-state index in [9.17, 15) is 4.79 Å². The van der Waals surface area contributed by atoms with E-state index < -0.39 is 0 Å². The van der Waals surface area contributed by atoms with Crippen LogP contribution in [0, 0.1) is 0 Å². The van der Waals surface area contributed by atoms with E-state index in [-0.39, 0.29) is 5.91 Å². The fraction of sp³-hybridized carbons (Fsp3) is 0.538. The molecule has 0 unspecified atom stereocenters. The highest BCUT2D eigenvalue weighted by Gasteiger charge is 2.10. The van der Waals surface area contributed by atoms with Crippen LogP contribution in [0.3, 0.4) is 0 Å². The summed E-state index contributed by atoms with van der Waals surface area (Å²) in [6, 6.07) is 1.75. The second kappa shape index (κ2) is 8.31. The van der Waals surface area contributed by atoms with E-state index in [1.54, 1.807) is 26.5 Å². The van der Waals surface area contributed by atoms with Crippen molar-refractivity contribution in [3.8, 4) is 11.5 Å². The summed E-state index contributed by atoms with van der Waals surface area (Å²) in [5.41, 5.74) is 0.762. The van der Waals surface area contributed by atoms with Gasteiger partial charge in [0.2, 0.25) is 5.91 Å². The third-order valence-electron chi connectivity index (χ3n) is 2.56. The topological polar surface area (TPSA) is 72.5 Å². The van der Waals surface area contributed by atoms with Crippen LogP contribution in [0.1, 0.15) is 19.0 Å². The molecule has 106 valence electrons. The first kappa shape index (κ1) is 15.2. The maximum absolute atomic E-state index is 11.3. The Balaban J connectivity index is 2.47. The highest BCUT2D eigenvalue weighted by atomic mass is 16.5. The van der Waals surface area contributed by atoms with Crippen LogP contribution in [0.15, 0.2) is 12.3 Å². The Bertz CT molecular complexity index is 410. The van der Waals surface area contributed by atoms with Gasteiger partial charge in [-0.25, -0.2) is 0 Å². The number of nitrogens with zero attached hydrogens (tertiary/aromatic N) is 1. The molecular weight excluding hydrogens is 246 g/mol. The van der Waals surface area contributed by atoms with Crippen LogP contribution in [0.2, 0.25) is 0 Å². The Hall–Kier alpha value is -1.82. The van der Waals surface area contributed by atoms with E-state index in [1.165, 1.54) is 0 Å². The molecule has 0 aliphatic carbocycles. The van der Waals surface area contributed by atoms with Gasteiger partial charge in [0.05, 0.1) is 19.9 Å². The third-order valence-corrected chi connectivity index (χ3v) is 2.56. The molecule has 0 aliphatic heterocycles. The molecule has 0 aromatic carbocycles. The number of ether oxygens (including phenoxy) is 2. The minimum absolute atomic E-state index is 0.0422. The van der Waals surface area contributed by atoms with Crippen molar-refractivity contribution in [2.75, 3.05) is 27.3 Å². The minimum atomic E-state index is 0.0422. The van der Waals surface area contributed by atoms with Crippen LogP contribution in [-0.2, 0) is 11.3 Å². The molecule has 1 aromatic rings. The van der Waals surface area contributed by atoms with E-state index >= 15 is 0 Å². The summed E-state index contributed by atoms with van der Waals surface area (Å²) in [5, 5.41) is 5.90. The molecule has 1 amide bonds. The Morgan fingerprint density at radius 2 is 2.16 bits per heavy atom. The number of methoxy groups -OCH3 is 2. The largest absolute Gasteiger partial charge is 0.493 e. The number of carbonyl (C=O) groups excluding carboxylic acids is 1. The predicted molar refractivity (Wildman–Crippen MR) is 72.3 cm³/mol. The molecule has 0 atom stereocenters. The van der Waals surface area contributed by atoms with Crippen LogP contribution in [0.25, 0.3) is 0 Å². The van der Waals surface area contributed by atoms with E-state index in [2.05, 4.69) is 15.6 Å². The molecule has 6 nitrogen and oxygen atoms in total. The molecule has 0 saturated heterocycles. The van der Waals surface area contributed by atoms with Crippen molar-refractivity contribution in [1.29, 1.82) is 0 Å². The Kier molecular flexibility index (Phi) is 6.67. The lowest BCUT2D eigenvalue weighted by atomic mass is 10.3. The van der Waals surface area contributed by atoms with Gasteiger partial charge in [0.1, 0.15) is 0 Å². The molecule has 0 spiro atoms. The summed E-state index contributed by atoms with van der Waals surface area (Å²) >= 11 is 0. The van der Waals surface area contributed by atoms with Gasteiger partial charge in [0.15, 0.2) is 11.5 Å². The monoisotopic (exact) mass is 267 g/mol. The molecule has 1 aromatic heterocycles. The van der Waals surface area contributed by atoms with Crippen molar-refractivity contribution in [1.82, 2.24) is 15.6 Å². The average molecular weight is 267 g/mol. The number of carbonyl (C=O) groups is 1. The van der Waals surface area contributed by atoms with Gasteiger partial charge in [0.25, 0.3) is 0 Å². The van der Waals surface area contributed by atoms with Crippen LogP contribution < -0.4 is 20.1 Å². The maximum atomic E-state index is 11.3. The number of pyridine rings is 1. The van der Waals surface area contributed by atoms with Gasteiger partial charge >= 0.3 is 0 Å². The second-order valence-electron chi connectivity index (χ2n) is 3.87. The summed E-state index contributed by atoms with van der Waals surface area (Å²) in [4.78, 5) is 15.5. The Labute approximate surface area is 113 Å². The first-order valence-corrected chi connectivity index (χ1v) is 6.26. The number of hydrogen-bond acceptors (Lipinski definition) is 5. The average Bonchev–Trinajstić information content (AvgIpc) is 2.43. The minimum Gasteiger partial charge on any atom is -0.493 e. The first-order valence-electron chi connectivity index (χ1n) is 6.26. The van der Waals surface area contributed by atoms with Gasteiger partial charge in [0, 0.05) is 38.3 Å². The molecule has 0 aliphatic rings. The zero-order valence-corrected chi connectivity index (χ0v) is 11.7. The van der Waals surface area contributed by atoms with Gasteiger partial charge < -0.3 is 20.1 Å². The summed E-state index contributed by atoms with van der Waals surface area (Å²) in [5.74, 6) is 1.31. The molecule has 6 heteroatoms. The maximum Gasteiger partial charge on any atom is 0.221 e. The van der Waals surface area contributed by atoms with Crippen LogP contribution >= 0.6 is 0 Å². The number of amides is 1. The van der Waals surface area contributed by atoms with Crippen molar-refractivity contribution in [3.05, 3.63) is 18.0 Å². The lowest BCUT2D eigenvalue weighted by Crippen LogP contribution is -2.27. The smallest absolute Gasteiger partial charge is 0.221 e. The second-order valence-corrected chi connectivity index (χ2v) is 3.87. The van der Waals surface area contributed by atoms with Gasteiger partial charge in [-0.3, -0.25) is 9.78 Å². The van der Waals surface area contributed by atoms with Crippen molar-refractivity contribution >= 4 is 5.91 Å². The molecule has 19 heavy (non-hydrogen) atoms. The van der Waals surface area contributed by atoms with Crippen LogP contribution in [0.5, 0.6) is 11.5 Å². The summed E-state index contributed by atoms with van der Waals surface area (Å²) in [6.07, 6.45) is 2.11. The number of nitrogens with one attached hydrogen (secondary N) is 2. The van der Waals surface area contributed by atoms with Gasteiger partial charge in [-0.15, -0.1) is 0 Å². The van der Waals surface area contributed by atoms with E-state index in [0.29, 0.717) is 37.6 Å². The molecule has 0 saturated carbocycles. The van der Waals surface area contributed by atoms with Crippen LogP contribution in [-0.4, -0.2) is 38.2 Å². The molecule has 1 heterocycles. The van der Waals surface area contributed by atoms with E-state index in [1.807, 2.05) is 6.92 Å². The first-order chi connectivity index (χ1) is 9.22. The van der Waals surface area contributed by atoms with E-state index in [4.69, 9.17) is 9.47 Å². The molecule has 0 fully saturated rings. The normalized spacial score (nSPS) is 10.1. The molecular formula is C13H21N3O3. The molecule has 2 N–H and O–H groups in total. The summed E-state index contributed by atoms with van der Waals surface area (Å²) in [7, 11) is 3.17. The summed E-state index contributed by atoms with van der Waals surface area (Å²) in [6.45, 7) is 3.67. The standard InChI is InChI=1S/C13H21N3O3/c1-4-15-12(17)6-7-14-9-10-13(19-3)11(18-2)5-8-16-10/h5,8,14H,4,6-7,9H2,1-3H3,(H,15,17). The Morgan fingerprint density at radius 1 is 1.37 bits per heavy atom. The lowest BCUT2D eigenvalue weighted by molar-refractivity contribution is -0.120. The predicted octanol–water partition coefficient (Wildman–Crippen LogP) is 0.715. The lowest BCUT2D eigenvalue weighted by Gasteiger charge is -2.12. The van der Waals surface area contributed by atoms with Gasteiger partial charge in [-0.05, 0) is 6.92 Å². The zero-order chi connectivity index (χ0) is 14.1. The zero-order valence-electron chi connectivity index (χ0n) is 11.7. The highest BCUT2D eigenvalue weighted by molar-refractivity contribution is 5.75. The van der Waals surface area contributed by atoms with Crippen molar-refractivity contribution in [2.24, 2.45) is 0 Å². The highest BCUT2D eigenvalue weighted by Crippen LogP contribution is 2.28. The molecule has 0 bridgehead atoms. The van der Waals surface area contributed by atoms with Crippen molar-refractivity contribution in [2.45, 2.75) is 19.9 Å². The molecule has 1 rings (SSSR count). The van der Waals surface area contributed by atoms with Gasteiger partial charge in [-0.2, -0.15) is 0 Å². The number of hydrogen-bond donors (Lipinski definition) is 2. The Morgan fingerprint density at radius 3 is 2.79 bits per heavy atom. The number of rotatable bonds is 8. The number of aromatic nitrogens is 1. The molecule has 0 radical (unpaired) electrons. The van der Waals surface area contributed by atoms with Crippen LogP contribution in [0.4, 0.5) is 0 Å². The van der Waals surface area contributed by atoms with E-state index in [0.717, 1.165) is 5.69 Å². The van der Waals surface area contributed by atoms with Crippen molar-refractivity contribution < 1.29 is 14.3 Å². The summed E-state index contributed by atoms with van der Waals surface area (Å²) < 4.78 is 10.5. The fourth-order valence-electron chi connectivity index (χ4n) is 1.67. The van der Waals surface area contributed by atoms with Crippen molar-refractivity contribution in [3.63, 3.8) is 0 Å².